The lowest BCUT2D eigenvalue weighted by Crippen LogP contribution is -2.26. The summed E-state index contributed by atoms with van der Waals surface area (Å²) in [6.07, 6.45) is 1.69. The van der Waals surface area contributed by atoms with Crippen LogP contribution in [0.2, 0.25) is 5.02 Å². The van der Waals surface area contributed by atoms with Gasteiger partial charge in [-0.3, -0.25) is 0 Å². The molecule has 0 spiro atoms. The van der Waals surface area contributed by atoms with E-state index in [9.17, 15) is 4.79 Å². The highest BCUT2D eigenvalue weighted by Gasteiger charge is 2.28. The Morgan fingerprint density at radius 1 is 1.03 bits per heavy atom. The molecule has 0 unspecified atom stereocenters. The van der Waals surface area contributed by atoms with Gasteiger partial charge in [0.05, 0.1) is 5.02 Å². The van der Waals surface area contributed by atoms with E-state index in [1.165, 1.54) is 22.3 Å². The molecule has 1 heterocycles. The number of aromatic nitrogens is 1. The number of pyridine rings is 1. The second kappa shape index (κ2) is 8.81. The standard InChI is InChI=1S/C24H19ClN2O2/c25-22-12-7-15-26-23(22)13-5-6-14-27-24(28)29-16-21-19-10-3-1-8-17(19)18-9-2-4-11-20(18)21/h1-4,7-12,15,21H,6,14,16H2,(H,27,28). The SMILES string of the molecule is O=C(NCCC#Cc1ncccc1Cl)OCC1c2ccccc2-c2ccccc21. The number of halogens is 1. The van der Waals surface area contributed by atoms with Gasteiger partial charge in [0, 0.05) is 25.1 Å². The van der Waals surface area contributed by atoms with Crippen molar-refractivity contribution in [1.29, 1.82) is 0 Å². The zero-order valence-corrected chi connectivity index (χ0v) is 16.4. The fourth-order valence-corrected chi connectivity index (χ4v) is 3.67. The zero-order valence-electron chi connectivity index (χ0n) is 15.7. The molecule has 1 aliphatic rings. The predicted octanol–water partition coefficient (Wildman–Crippen LogP) is 5.02. The van der Waals surface area contributed by atoms with Gasteiger partial charge in [0.2, 0.25) is 0 Å². The van der Waals surface area contributed by atoms with Gasteiger partial charge in [-0.05, 0) is 40.3 Å². The molecule has 1 aromatic heterocycles. The topological polar surface area (TPSA) is 51.2 Å². The number of carbonyl (C=O) groups excluding carboxylic acids is 1. The molecule has 1 N–H and O–H groups in total. The second-order valence-corrected chi connectivity index (χ2v) is 7.05. The van der Waals surface area contributed by atoms with E-state index in [4.69, 9.17) is 16.3 Å². The Morgan fingerprint density at radius 2 is 1.72 bits per heavy atom. The van der Waals surface area contributed by atoms with E-state index < -0.39 is 6.09 Å². The van der Waals surface area contributed by atoms with Crippen molar-refractivity contribution >= 4 is 17.7 Å². The molecule has 1 aliphatic carbocycles. The van der Waals surface area contributed by atoms with Crippen LogP contribution in [0.5, 0.6) is 0 Å². The third-order valence-corrected chi connectivity index (χ3v) is 5.13. The van der Waals surface area contributed by atoms with Crippen molar-refractivity contribution in [3.05, 3.63) is 88.7 Å². The van der Waals surface area contributed by atoms with Crippen LogP contribution in [0.15, 0.2) is 66.9 Å². The number of rotatable bonds is 4. The average Bonchev–Trinajstić information content (AvgIpc) is 3.07. The Bertz CT molecular complexity index is 1060. The number of fused-ring (bicyclic) bond motifs is 3. The van der Waals surface area contributed by atoms with Gasteiger partial charge in [-0.25, -0.2) is 9.78 Å². The predicted molar refractivity (Wildman–Crippen MR) is 114 cm³/mol. The van der Waals surface area contributed by atoms with Gasteiger partial charge in [0.1, 0.15) is 12.3 Å². The molecule has 0 fully saturated rings. The number of nitrogens with zero attached hydrogens (tertiary/aromatic N) is 1. The van der Waals surface area contributed by atoms with Crippen molar-refractivity contribution in [2.45, 2.75) is 12.3 Å². The van der Waals surface area contributed by atoms with E-state index in [1.807, 2.05) is 24.3 Å². The maximum absolute atomic E-state index is 12.1. The van der Waals surface area contributed by atoms with Crippen LogP contribution in [0.3, 0.4) is 0 Å². The first-order valence-electron chi connectivity index (χ1n) is 9.42. The van der Waals surface area contributed by atoms with Crippen molar-refractivity contribution in [3.8, 4) is 23.0 Å². The van der Waals surface area contributed by atoms with Crippen LogP contribution in [0.1, 0.15) is 29.2 Å². The van der Waals surface area contributed by atoms with Gasteiger partial charge in [0.25, 0.3) is 0 Å². The van der Waals surface area contributed by atoms with E-state index in [0.717, 1.165) is 0 Å². The molecule has 4 rings (SSSR count). The lowest BCUT2D eigenvalue weighted by atomic mass is 9.98. The van der Waals surface area contributed by atoms with Gasteiger partial charge < -0.3 is 10.1 Å². The van der Waals surface area contributed by atoms with Crippen LogP contribution in [-0.4, -0.2) is 24.2 Å². The summed E-state index contributed by atoms with van der Waals surface area (Å²) >= 11 is 6.01. The molecule has 1 amide bonds. The van der Waals surface area contributed by atoms with Crippen LogP contribution >= 0.6 is 11.6 Å². The van der Waals surface area contributed by atoms with Crippen LogP contribution in [0.25, 0.3) is 11.1 Å². The van der Waals surface area contributed by atoms with E-state index in [2.05, 4.69) is 46.4 Å². The van der Waals surface area contributed by atoms with Crippen LogP contribution in [-0.2, 0) is 4.74 Å². The number of hydrogen-bond acceptors (Lipinski definition) is 3. The molecule has 0 saturated heterocycles. The molecule has 3 aromatic rings. The van der Waals surface area contributed by atoms with E-state index in [0.29, 0.717) is 30.3 Å². The molecule has 4 nitrogen and oxygen atoms in total. The fourth-order valence-electron chi connectivity index (χ4n) is 3.50. The van der Waals surface area contributed by atoms with Crippen molar-refractivity contribution in [1.82, 2.24) is 10.3 Å². The molecule has 0 bridgehead atoms. The Kier molecular flexibility index (Phi) is 5.79. The molecule has 0 atom stereocenters. The fraction of sp³-hybridized carbons (Fsp3) is 0.167. The Morgan fingerprint density at radius 3 is 2.41 bits per heavy atom. The lowest BCUT2D eigenvalue weighted by molar-refractivity contribution is 0.143. The molecule has 0 aliphatic heterocycles. The van der Waals surface area contributed by atoms with Crippen LogP contribution in [0.4, 0.5) is 4.79 Å². The minimum atomic E-state index is -0.440. The number of alkyl carbamates (subject to hydrolysis) is 1. The summed E-state index contributed by atoms with van der Waals surface area (Å²) < 4.78 is 5.49. The number of amides is 1. The maximum atomic E-state index is 12.1. The first-order chi connectivity index (χ1) is 14.2. The summed E-state index contributed by atoms with van der Waals surface area (Å²) in [5.74, 6) is 5.91. The first-order valence-corrected chi connectivity index (χ1v) is 9.80. The minimum absolute atomic E-state index is 0.0549. The third-order valence-electron chi connectivity index (χ3n) is 4.83. The number of hydrogen-bond donors (Lipinski definition) is 1. The monoisotopic (exact) mass is 402 g/mol. The van der Waals surface area contributed by atoms with Gasteiger partial charge in [-0.2, -0.15) is 0 Å². The summed E-state index contributed by atoms with van der Waals surface area (Å²) in [4.78, 5) is 16.2. The third kappa shape index (κ3) is 4.26. The first kappa shape index (κ1) is 19.0. The van der Waals surface area contributed by atoms with Crippen LogP contribution < -0.4 is 5.32 Å². The molecule has 2 aromatic carbocycles. The molecule has 0 saturated carbocycles. The summed E-state index contributed by atoms with van der Waals surface area (Å²) in [6.45, 7) is 0.698. The normalized spacial score (nSPS) is 11.8. The molecular weight excluding hydrogens is 384 g/mol. The van der Waals surface area contributed by atoms with E-state index in [1.54, 1.807) is 18.3 Å². The Balaban J connectivity index is 1.30. The second-order valence-electron chi connectivity index (χ2n) is 6.64. The van der Waals surface area contributed by atoms with E-state index in [-0.39, 0.29) is 5.92 Å². The number of ether oxygens (including phenoxy) is 1. The average molecular weight is 403 g/mol. The summed E-state index contributed by atoms with van der Waals surface area (Å²) in [7, 11) is 0. The Hall–Kier alpha value is -3.29. The van der Waals surface area contributed by atoms with Gasteiger partial charge in [0.15, 0.2) is 0 Å². The zero-order chi connectivity index (χ0) is 20.1. The van der Waals surface area contributed by atoms with Gasteiger partial charge >= 0.3 is 6.09 Å². The molecule has 144 valence electrons. The summed E-state index contributed by atoms with van der Waals surface area (Å²) in [6, 6.07) is 20.0. The van der Waals surface area contributed by atoms with E-state index >= 15 is 0 Å². The number of nitrogens with one attached hydrogen (secondary N) is 1. The molecule has 5 heteroatoms. The smallest absolute Gasteiger partial charge is 0.407 e. The molecular formula is C24H19ClN2O2. The highest BCUT2D eigenvalue weighted by Crippen LogP contribution is 2.44. The summed E-state index contributed by atoms with van der Waals surface area (Å²) in [5, 5.41) is 3.26. The van der Waals surface area contributed by atoms with Crippen molar-refractivity contribution < 1.29 is 9.53 Å². The molecule has 29 heavy (non-hydrogen) atoms. The quantitative estimate of drug-likeness (QED) is 0.492. The largest absolute Gasteiger partial charge is 0.449 e. The van der Waals surface area contributed by atoms with Gasteiger partial charge in [-0.1, -0.05) is 66.1 Å². The lowest BCUT2D eigenvalue weighted by Gasteiger charge is -2.14. The van der Waals surface area contributed by atoms with Crippen molar-refractivity contribution in [2.24, 2.45) is 0 Å². The number of benzene rings is 2. The van der Waals surface area contributed by atoms with Crippen molar-refractivity contribution in [2.75, 3.05) is 13.2 Å². The maximum Gasteiger partial charge on any atom is 0.407 e. The van der Waals surface area contributed by atoms with Crippen molar-refractivity contribution in [3.63, 3.8) is 0 Å². The highest BCUT2D eigenvalue weighted by molar-refractivity contribution is 6.31. The minimum Gasteiger partial charge on any atom is -0.449 e. The highest BCUT2D eigenvalue weighted by atomic mass is 35.5. The summed E-state index contributed by atoms with van der Waals surface area (Å²) in [5.41, 5.74) is 5.34. The number of carbonyl (C=O) groups is 1. The van der Waals surface area contributed by atoms with Gasteiger partial charge in [-0.15, -0.1) is 0 Å². The molecule has 0 radical (unpaired) electrons. The van der Waals surface area contributed by atoms with Crippen LogP contribution in [0, 0.1) is 11.8 Å². The Labute approximate surface area is 174 Å².